The van der Waals surface area contributed by atoms with E-state index in [2.05, 4.69) is 9.97 Å². The number of methoxy groups -OCH3 is 1. The Kier molecular flexibility index (Phi) is 1.50. The highest BCUT2D eigenvalue weighted by Crippen LogP contribution is 2.17. The summed E-state index contributed by atoms with van der Waals surface area (Å²) in [6.07, 6.45) is 0. The van der Waals surface area contributed by atoms with Crippen LogP contribution in [0.15, 0.2) is 18.2 Å². The first-order valence-electron chi connectivity index (χ1n) is 3.80. The van der Waals surface area contributed by atoms with Gasteiger partial charge in [-0.25, -0.2) is 4.98 Å². The van der Waals surface area contributed by atoms with E-state index < -0.39 is 0 Å². The Morgan fingerprint density at radius 2 is 2.33 bits per heavy atom. The molecule has 62 valence electrons. The average molecular weight is 163 g/mol. The summed E-state index contributed by atoms with van der Waals surface area (Å²) < 4.78 is 5.08. The lowest BCUT2D eigenvalue weighted by atomic mass is 10.3. The van der Waals surface area contributed by atoms with E-state index in [1.807, 2.05) is 25.1 Å². The van der Waals surface area contributed by atoms with E-state index in [1.165, 1.54) is 0 Å². The van der Waals surface area contributed by atoms with Crippen molar-refractivity contribution in [1.29, 1.82) is 0 Å². The van der Waals surface area contributed by atoms with Crippen molar-refractivity contribution < 1.29 is 6.16 Å². The van der Waals surface area contributed by atoms with Crippen LogP contribution in [0.5, 0.6) is 5.75 Å². The van der Waals surface area contributed by atoms with Gasteiger partial charge < -0.3 is 9.72 Å². The normalized spacial score (nSPS) is 10.5. The molecule has 2 aromatic rings. The predicted molar refractivity (Wildman–Crippen MR) is 48.5 cm³/mol. The Labute approximate surface area is 71.9 Å². The Morgan fingerprint density at radius 1 is 1.50 bits per heavy atom. The third kappa shape index (κ3) is 1.03. The van der Waals surface area contributed by atoms with Crippen molar-refractivity contribution in [3.63, 3.8) is 0 Å². The van der Waals surface area contributed by atoms with E-state index in [9.17, 15) is 0 Å². The van der Waals surface area contributed by atoms with Gasteiger partial charge in [0.15, 0.2) is 0 Å². The molecule has 0 spiro atoms. The van der Waals surface area contributed by atoms with Gasteiger partial charge in [-0.2, -0.15) is 0 Å². The molecular formula is C9H11N2O+. The fourth-order valence-electron chi connectivity index (χ4n) is 1.24. The van der Waals surface area contributed by atoms with Gasteiger partial charge in [-0.15, -0.1) is 0 Å². The summed E-state index contributed by atoms with van der Waals surface area (Å²) in [7, 11) is 1.66. The number of ether oxygens (including phenoxy) is 1. The van der Waals surface area contributed by atoms with Gasteiger partial charge in [-0.3, -0.25) is 0 Å². The van der Waals surface area contributed by atoms with Crippen molar-refractivity contribution in [3.05, 3.63) is 24.0 Å². The number of imidazole rings is 1. The fraction of sp³-hybridized carbons (Fsp3) is 0.222. The number of H-pyrrole nitrogens is 1. The molecule has 0 atom stereocenters. The number of hydrogen-bond acceptors (Lipinski definition) is 2. The van der Waals surface area contributed by atoms with E-state index in [0.717, 1.165) is 22.6 Å². The summed E-state index contributed by atoms with van der Waals surface area (Å²) >= 11 is 0. The second-order valence-electron chi connectivity index (χ2n) is 2.71. The molecule has 1 N–H and O–H groups in total. The van der Waals surface area contributed by atoms with Gasteiger partial charge in [0, 0.05) is 6.07 Å². The number of nitrogens with one attached hydrogen (secondary N) is 1. The highest BCUT2D eigenvalue weighted by molar-refractivity contribution is 5.76. The largest absolute Gasteiger partial charge is 1.00 e. The molecule has 2 rings (SSSR count). The molecule has 0 amide bonds. The number of aromatic nitrogens is 2. The van der Waals surface area contributed by atoms with Gasteiger partial charge in [0.05, 0.1) is 18.1 Å². The van der Waals surface area contributed by atoms with Crippen LogP contribution in [0.4, 0.5) is 0 Å². The zero-order valence-electron chi connectivity index (χ0n) is 8.09. The lowest BCUT2D eigenvalue weighted by molar-refractivity contribution is 0.415. The molecule has 1 aromatic heterocycles. The fourth-order valence-corrected chi connectivity index (χ4v) is 1.24. The van der Waals surface area contributed by atoms with Crippen molar-refractivity contribution in [3.8, 4) is 5.75 Å². The van der Waals surface area contributed by atoms with Crippen LogP contribution in [0, 0.1) is 6.92 Å². The SMILES string of the molecule is COc1ccc2nc(C)[nH]c2c1.[H+]. The topological polar surface area (TPSA) is 37.9 Å². The van der Waals surface area contributed by atoms with Crippen LogP contribution >= 0.6 is 0 Å². The molecule has 0 aliphatic rings. The first-order chi connectivity index (χ1) is 5.79. The van der Waals surface area contributed by atoms with Gasteiger partial charge in [-0.1, -0.05) is 0 Å². The molecular weight excluding hydrogens is 152 g/mol. The molecule has 0 fully saturated rings. The number of fused-ring (bicyclic) bond motifs is 1. The Hall–Kier alpha value is -1.51. The molecule has 3 heteroatoms. The summed E-state index contributed by atoms with van der Waals surface area (Å²) in [6, 6.07) is 5.79. The van der Waals surface area contributed by atoms with E-state index in [0.29, 0.717) is 0 Å². The van der Waals surface area contributed by atoms with Crippen molar-refractivity contribution in [2.24, 2.45) is 0 Å². The Morgan fingerprint density at radius 3 is 3.08 bits per heavy atom. The molecule has 0 saturated carbocycles. The minimum atomic E-state index is 0. The van der Waals surface area contributed by atoms with Crippen LogP contribution in [0.1, 0.15) is 7.25 Å². The molecule has 0 radical (unpaired) electrons. The quantitative estimate of drug-likeness (QED) is 0.698. The Balaban J connectivity index is 0.000000845. The van der Waals surface area contributed by atoms with Gasteiger partial charge in [0.25, 0.3) is 0 Å². The number of aryl methyl sites for hydroxylation is 1. The lowest BCUT2D eigenvalue weighted by Gasteiger charge is -1.96. The lowest BCUT2D eigenvalue weighted by Crippen LogP contribution is -1.81. The first-order valence-corrected chi connectivity index (χ1v) is 3.80. The zero-order chi connectivity index (χ0) is 8.55. The first kappa shape index (κ1) is 7.16. The minimum Gasteiger partial charge on any atom is -0.497 e. The number of nitrogens with zero attached hydrogens (tertiary/aromatic N) is 1. The maximum absolute atomic E-state index is 5.08. The average Bonchev–Trinajstić information content (AvgIpc) is 2.43. The van der Waals surface area contributed by atoms with Gasteiger partial charge >= 0.3 is 1.43 Å². The number of rotatable bonds is 1. The van der Waals surface area contributed by atoms with Crippen LogP contribution in [0.25, 0.3) is 11.0 Å². The molecule has 0 bridgehead atoms. The molecule has 0 aliphatic carbocycles. The molecule has 1 heterocycles. The van der Waals surface area contributed by atoms with E-state index in [1.54, 1.807) is 7.11 Å². The summed E-state index contributed by atoms with van der Waals surface area (Å²) in [6.45, 7) is 1.94. The monoisotopic (exact) mass is 163 g/mol. The van der Waals surface area contributed by atoms with Crippen LogP contribution in [-0.4, -0.2) is 17.1 Å². The van der Waals surface area contributed by atoms with Crippen molar-refractivity contribution in [2.45, 2.75) is 6.92 Å². The number of benzene rings is 1. The highest BCUT2D eigenvalue weighted by atomic mass is 16.5. The maximum Gasteiger partial charge on any atom is 1.00 e. The summed E-state index contributed by atoms with van der Waals surface area (Å²) in [5.74, 6) is 1.78. The summed E-state index contributed by atoms with van der Waals surface area (Å²) in [4.78, 5) is 7.42. The van der Waals surface area contributed by atoms with Gasteiger partial charge in [0.2, 0.25) is 0 Å². The van der Waals surface area contributed by atoms with E-state index in [4.69, 9.17) is 4.74 Å². The highest BCUT2D eigenvalue weighted by Gasteiger charge is 1.99. The standard InChI is InChI=1S/C9H10N2O/c1-6-10-8-4-3-7(12-2)5-9(8)11-6/h3-5H,1-2H3,(H,10,11)/p+1. The summed E-state index contributed by atoms with van der Waals surface area (Å²) in [5.41, 5.74) is 2.00. The van der Waals surface area contributed by atoms with Crippen molar-refractivity contribution in [2.75, 3.05) is 7.11 Å². The summed E-state index contributed by atoms with van der Waals surface area (Å²) in [5, 5.41) is 0. The predicted octanol–water partition coefficient (Wildman–Crippen LogP) is 1.99. The third-order valence-corrected chi connectivity index (χ3v) is 1.81. The van der Waals surface area contributed by atoms with Crippen LogP contribution in [-0.2, 0) is 0 Å². The smallest absolute Gasteiger partial charge is 0.497 e. The molecule has 0 unspecified atom stereocenters. The second-order valence-corrected chi connectivity index (χ2v) is 2.71. The maximum atomic E-state index is 5.08. The van der Waals surface area contributed by atoms with Crippen molar-refractivity contribution >= 4 is 11.0 Å². The Bertz CT molecular complexity index is 411. The molecule has 1 aromatic carbocycles. The zero-order valence-corrected chi connectivity index (χ0v) is 7.09. The van der Waals surface area contributed by atoms with Crippen molar-refractivity contribution in [1.82, 2.24) is 9.97 Å². The number of hydrogen-bond donors (Lipinski definition) is 1. The molecule has 3 nitrogen and oxygen atoms in total. The van der Waals surface area contributed by atoms with E-state index in [-0.39, 0.29) is 1.43 Å². The van der Waals surface area contributed by atoms with E-state index >= 15 is 0 Å². The van der Waals surface area contributed by atoms with Gasteiger partial charge in [-0.05, 0) is 19.1 Å². The van der Waals surface area contributed by atoms with Gasteiger partial charge in [0.1, 0.15) is 11.6 Å². The third-order valence-electron chi connectivity index (χ3n) is 1.81. The number of aromatic amines is 1. The second kappa shape index (κ2) is 2.52. The molecule has 0 saturated heterocycles. The van der Waals surface area contributed by atoms with Crippen LogP contribution in [0.2, 0.25) is 0 Å². The molecule has 12 heavy (non-hydrogen) atoms. The minimum absolute atomic E-state index is 0. The van der Waals surface area contributed by atoms with Crippen LogP contribution in [0.3, 0.4) is 0 Å². The molecule has 0 aliphatic heterocycles. The van der Waals surface area contributed by atoms with Crippen LogP contribution < -0.4 is 4.74 Å².